The summed E-state index contributed by atoms with van der Waals surface area (Å²) in [4.78, 5) is 111. The summed E-state index contributed by atoms with van der Waals surface area (Å²) >= 11 is 0. The molecular weight excluding hydrogens is 1860 g/mol. The van der Waals surface area contributed by atoms with Crippen LogP contribution in [0.5, 0.6) is 0 Å². The van der Waals surface area contributed by atoms with Gasteiger partial charge in [0.25, 0.3) is 27.8 Å². The third-order valence-corrected chi connectivity index (χ3v) is 31.0. The second kappa shape index (κ2) is 41.5. The summed E-state index contributed by atoms with van der Waals surface area (Å²) in [7, 11) is 7.99. The van der Waals surface area contributed by atoms with Crippen molar-refractivity contribution in [2.24, 2.45) is 27.1 Å². The maximum Gasteiger partial charge on any atom is 0.258 e. The number of β-amino-alcohol motifs (C(OH)–C–C–N with tert-alkyl or cyclic N) is 1. The number of furan rings is 1. The van der Waals surface area contributed by atoms with Crippen molar-refractivity contribution >= 4 is 88.8 Å². The number of aromatic nitrogens is 20. The van der Waals surface area contributed by atoms with Gasteiger partial charge in [0, 0.05) is 178 Å². The molecule has 6 aliphatic rings. The van der Waals surface area contributed by atoms with Crippen LogP contribution in [0.2, 0.25) is 0 Å². The highest BCUT2D eigenvalue weighted by Gasteiger charge is 2.37. The van der Waals surface area contributed by atoms with Crippen LogP contribution in [0.3, 0.4) is 0 Å². The Hall–Kier alpha value is -15.5. The van der Waals surface area contributed by atoms with E-state index in [1.807, 2.05) is 232 Å². The molecule has 23 heterocycles. The molecule has 3 aromatic carbocycles. The van der Waals surface area contributed by atoms with E-state index in [2.05, 4.69) is 115 Å². The van der Waals surface area contributed by atoms with E-state index in [0.29, 0.717) is 97.9 Å². The lowest BCUT2D eigenvalue weighted by Crippen LogP contribution is -2.46. The van der Waals surface area contributed by atoms with Crippen molar-refractivity contribution < 1.29 is 9.52 Å². The molecule has 6 fully saturated rings. The molecule has 148 heavy (non-hydrogen) atoms. The smallest absolute Gasteiger partial charge is 0.258 e. The van der Waals surface area contributed by atoms with Crippen LogP contribution in [-0.2, 0) is 21.1 Å². The Morgan fingerprint density at radius 3 is 1.29 bits per heavy atom. The third kappa shape index (κ3) is 20.0. The first-order valence-corrected chi connectivity index (χ1v) is 51.8. The number of aliphatic hydroxyl groups excluding tert-OH is 1. The summed E-state index contributed by atoms with van der Waals surface area (Å²) in [6.45, 7) is 28.9. The fourth-order valence-corrected chi connectivity index (χ4v) is 22.6. The van der Waals surface area contributed by atoms with Crippen molar-refractivity contribution in [3.63, 3.8) is 0 Å². The zero-order valence-electron chi connectivity index (χ0n) is 85.4. The number of hydrogen-bond acceptors (Lipinski definition) is 25. The van der Waals surface area contributed by atoms with Crippen molar-refractivity contribution in [2.45, 2.75) is 117 Å². The Morgan fingerprint density at radius 1 is 0.365 bits per heavy atom. The molecule has 34 nitrogen and oxygen atoms in total. The molecule has 2 atom stereocenters. The second-order valence-corrected chi connectivity index (χ2v) is 40.4. The van der Waals surface area contributed by atoms with Gasteiger partial charge < -0.3 is 44.2 Å². The molecule has 0 radical (unpaired) electrons. The first-order chi connectivity index (χ1) is 71.9. The van der Waals surface area contributed by atoms with E-state index in [9.17, 15) is 24.0 Å². The van der Waals surface area contributed by atoms with E-state index in [1.165, 1.54) is 36.1 Å². The van der Waals surface area contributed by atoms with Gasteiger partial charge in [-0.15, -0.1) is 0 Å². The summed E-state index contributed by atoms with van der Waals surface area (Å²) in [5.74, 6) is 2.75. The Bertz CT molecular complexity index is 8760. The van der Waals surface area contributed by atoms with Gasteiger partial charge in [-0.1, -0.05) is 50.2 Å². The average Bonchev–Trinajstić information content (AvgIpc) is 0.917. The van der Waals surface area contributed by atoms with E-state index in [1.54, 1.807) is 52.3 Å². The number of hydrogen-bond donors (Lipinski definition) is 2. The summed E-state index contributed by atoms with van der Waals surface area (Å²) in [5.41, 5.74) is 23.7. The maximum atomic E-state index is 13.0. The number of piperidine rings is 4. The molecule has 2 N–H and O–H groups in total. The van der Waals surface area contributed by atoms with E-state index >= 15 is 0 Å². The molecule has 2 unspecified atom stereocenters. The maximum absolute atomic E-state index is 13.0. The SMILES string of the molecule is CCN1CCC(c2ccc3nc(-c4ccc5c(cnn5C)c4)cc(=O)n3c2)CC1.CCN1CCN(c2ccc3nc(-c4cc5cc(C)nc(C)c5o4)cc(=O)n3c2)CC1.Cc1cn2nc(-c3cc(=O)n4cc(N5CCC6C(CCN6C)C5)ccc4n3)cc2c(C)n1.Cn1ncc2cc(-c3cc(=O)n4cc(C5CCN(CCO)CC5)ccc4n3)ccc21.Cn1ncc2cc(-c3cc(=O)n4cc(C5CCNCC5)ccc4n3)ccc21. The number of nitrogens with zero attached hydrogens (tertiary/aromatic N) is 26. The lowest BCUT2D eigenvalue weighted by atomic mass is 9.90. The Labute approximate surface area is 853 Å². The number of benzene rings is 3. The van der Waals surface area contributed by atoms with Crippen LogP contribution >= 0.6 is 0 Å². The van der Waals surface area contributed by atoms with E-state index < -0.39 is 0 Å². The molecule has 0 spiro atoms. The quantitative estimate of drug-likeness (QED) is 0.102. The Kier molecular flexibility index (Phi) is 27.2. The fourth-order valence-electron chi connectivity index (χ4n) is 22.6. The lowest BCUT2D eigenvalue weighted by Gasteiger charge is -2.38. The van der Waals surface area contributed by atoms with Crippen LogP contribution in [0.25, 0.3) is 134 Å². The third-order valence-electron chi connectivity index (χ3n) is 31.0. The van der Waals surface area contributed by atoms with Gasteiger partial charge in [0.05, 0.1) is 105 Å². The highest BCUT2D eigenvalue weighted by molar-refractivity contribution is 5.88. The number of likely N-dealkylation sites (N-methyl/N-ethyl adjacent to an activating group) is 1. The number of piperazine rings is 1. The molecule has 756 valence electrons. The minimum Gasteiger partial charge on any atom is -0.453 e. The van der Waals surface area contributed by atoms with Crippen LogP contribution in [0.4, 0.5) is 11.4 Å². The predicted molar refractivity (Wildman–Crippen MR) is 580 cm³/mol. The Balaban J connectivity index is 0.000000105. The second-order valence-electron chi connectivity index (χ2n) is 40.4. The van der Waals surface area contributed by atoms with E-state index in [4.69, 9.17) is 29.5 Å². The van der Waals surface area contributed by atoms with Crippen molar-refractivity contribution in [2.75, 3.05) is 128 Å². The van der Waals surface area contributed by atoms with Gasteiger partial charge in [-0.2, -0.15) is 20.4 Å². The minimum atomic E-state index is -0.115. The van der Waals surface area contributed by atoms with Gasteiger partial charge >= 0.3 is 0 Å². The van der Waals surface area contributed by atoms with Crippen LogP contribution in [0, 0.1) is 33.6 Å². The lowest BCUT2D eigenvalue weighted by molar-refractivity contribution is 0.164. The number of pyridine rings is 6. The highest BCUT2D eigenvalue weighted by Crippen LogP contribution is 2.38. The molecular formula is C114H123N27O7. The van der Waals surface area contributed by atoms with Gasteiger partial charge in [-0.25, -0.2) is 29.4 Å². The monoisotopic (exact) mass is 1980 g/mol. The first-order valence-electron chi connectivity index (χ1n) is 51.8. The van der Waals surface area contributed by atoms with Crippen LogP contribution in [0.1, 0.15) is 122 Å². The Morgan fingerprint density at radius 2 is 0.797 bits per heavy atom. The van der Waals surface area contributed by atoms with Crippen molar-refractivity contribution in [3.8, 4) is 56.6 Å². The minimum absolute atomic E-state index is 0.0378. The topological polar surface area (TPSA) is 333 Å². The van der Waals surface area contributed by atoms with Gasteiger partial charge in [-0.3, -0.25) is 70.0 Å². The van der Waals surface area contributed by atoms with Gasteiger partial charge in [0.15, 0.2) is 11.3 Å². The number of nitrogens with one attached hydrogen (secondary N) is 1. The van der Waals surface area contributed by atoms with Crippen molar-refractivity contribution in [1.82, 2.24) is 121 Å². The molecule has 0 bridgehead atoms. The number of anilines is 2. The fraction of sp³-hybridized carbons (Fsp3) is 0.351. The zero-order valence-corrected chi connectivity index (χ0v) is 85.4. The summed E-state index contributed by atoms with van der Waals surface area (Å²) in [6, 6.07) is 52.9. The molecule has 0 saturated carbocycles. The van der Waals surface area contributed by atoms with E-state index in [0.717, 1.165) is 237 Å². The molecule has 6 aliphatic heterocycles. The van der Waals surface area contributed by atoms with Crippen molar-refractivity contribution in [3.05, 3.63) is 311 Å². The van der Waals surface area contributed by atoms with Gasteiger partial charge in [0.1, 0.15) is 39.6 Å². The van der Waals surface area contributed by atoms with Crippen LogP contribution in [0.15, 0.2) is 248 Å². The van der Waals surface area contributed by atoms with Crippen molar-refractivity contribution in [1.29, 1.82) is 0 Å². The molecule has 26 rings (SSSR count). The highest BCUT2D eigenvalue weighted by atomic mass is 16.3. The standard InChI is InChI=1S/C24H27N7O.2C23H25N5O2.C23H25N5O.C21H21N5O/c1-15-12-31-22(16(2)25-15)10-20(27-31)19-11-24(32)30-14-18(4-5-23(30)26-19)29-9-7-21-17(13-29)6-8-28(21)3;1-26-21-4-2-17(12-19(21)14-24-26)20-13-23(30)28-15-18(3-5-22(28)25-20)16-6-8-27(9-7-16)10-11-29;1-4-26-7-9-27(10-8-26)18-5-6-21-25-19(13-22(29)28(21)14-18)20-12-17-11-15(2)24-16(3)23(17)30-20;1-3-27-10-8-16(9-11-27)18-5-7-22-25-20(13-23(29)28(22)15-18)17-4-6-21-19(12-17)14-24-26(21)2;1-25-19-4-2-15(10-17(19)12-23-25)18-11-21(27)26-13-16(3-5-20(26)24-18)14-6-8-22-9-7-14/h4-5,10-12,14,17,21H,6-9,13H2,1-3H3;2-5,12-16,29H,6-11H2,1H3;5-6,11-14H,4,7-10H2,1-3H3;4-7,12-16H,3,8-11H2,1-2H3;2-5,10-14,22H,6-9H2,1H3. The van der Waals surface area contributed by atoms with Crippen LogP contribution < -0.4 is 42.9 Å². The zero-order chi connectivity index (χ0) is 102. The normalized spacial score (nSPS) is 17.0. The average molecular weight is 1980 g/mol. The number of likely N-dealkylation sites (tertiary alicyclic amines) is 3. The number of fused-ring (bicyclic) bond motifs is 11. The largest absolute Gasteiger partial charge is 0.453 e. The number of rotatable bonds is 14. The van der Waals surface area contributed by atoms with E-state index in [-0.39, 0.29) is 34.4 Å². The summed E-state index contributed by atoms with van der Waals surface area (Å²) in [5, 5.41) is 34.1. The number of aliphatic hydroxyl groups is 1. The molecule has 0 aliphatic carbocycles. The predicted octanol–water partition coefficient (Wildman–Crippen LogP) is 14.4. The molecule has 17 aromatic heterocycles. The number of aryl methyl sites for hydroxylation is 7. The molecule has 34 heteroatoms. The molecule has 20 aromatic rings. The summed E-state index contributed by atoms with van der Waals surface area (Å²) < 4.78 is 21.6. The van der Waals surface area contributed by atoms with Gasteiger partial charge in [-0.05, 0) is 282 Å². The van der Waals surface area contributed by atoms with Crippen LogP contribution in [-0.4, -0.2) is 245 Å². The molecule has 0 amide bonds. The molecule has 6 saturated heterocycles. The first kappa shape index (κ1) is 97.3. The van der Waals surface area contributed by atoms with Gasteiger partial charge in [0.2, 0.25) is 0 Å². The summed E-state index contributed by atoms with van der Waals surface area (Å²) in [6.07, 6.45) is 26.1.